The van der Waals surface area contributed by atoms with E-state index in [-0.39, 0.29) is 18.6 Å². The van der Waals surface area contributed by atoms with Crippen molar-refractivity contribution in [3.05, 3.63) is 64.2 Å². The fraction of sp³-hybridized carbons (Fsp3) is 0.368. The van der Waals surface area contributed by atoms with E-state index in [0.717, 1.165) is 13.0 Å². The fourth-order valence-corrected chi connectivity index (χ4v) is 3.74. The van der Waals surface area contributed by atoms with Crippen LogP contribution >= 0.6 is 11.6 Å². The van der Waals surface area contributed by atoms with Crippen LogP contribution in [0, 0.1) is 0 Å². The minimum atomic E-state index is 0.168. The summed E-state index contributed by atoms with van der Waals surface area (Å²) in [5.74, 6) is 0.878. The zero-order chi connectivity index (χ0) is 16.2. The molecule has 0 saturated carbocycles. The summed E-state index contributed by atoms with van der Waals surface area (Å²) >= 11 is 6.32. The molecule has 0 unspecified atom stereocenters. The Morgan fingerprint density at radius 1 is 1.26 bits per heavy atom. The number of hydrogen-bond acceptors (Lipinski definition) is 3. The van der Waals surface area contributed by atoms with E-state index in [1.807, 2.05) is 12.1 Å². The molecular formula is C19H22ClNO2. The number of fused-ring (bicyclic) bond motifs is 1. The molecule has 1 aliphatic heterocycles. The fourth-order valence-electron chi connectivity index (χ4n) is 3.48. The number of nitrogens with one attached hydrogen (secondary N) is 1. The first-order valence-corrected chi connectivity index (χ1v) is 8.38. The lowest BCUT2D eigenvalue weighted by molar-refractivity contribution is 0.259. The first-order chi connectivity index (χ1) is 11.2. The van der Waals surface area contributed by atoms with Gasteiger partial charge in [-0.25, -0.2) is 0 Å². The van der Waals surface area contributed by atoms with Crippen molar-refractivity contribution < 1.29 is 9.84 Å². The third-order valence-electron chi connectivity index (χ3n) is 4.55. The quantitative estimate of drug-likeness (QED) is 0.902. The lowest BCUT2D eigenvalue weighted by atomic mass is 9.82. The van der Waals surface area contributed by atoms with Crippen LogP contribution in [0.25, 0.3) is 0 Å². The molecule has 1 aliphatic rings. The Kier molecular flexibility index (Phi) is 5.21. The lowest BCUT2D eigenvalue weighted by Gasteiger charge is -2.28. The summed E-state index contributed by atoms with van der Waals surface area (Å²) in [4.78, 5) is 0. The molecule has 4 heteroatoms. The molecule has 2 N–H and O–H groups in total. The van der Waals surface area contributed by atoms with Crippen molar-refractivity contribution in [1.82, 2.24) is 5.32 Å². The monoisotopic (exact) mass is 331 g/mol. The Morgan fingerprint density at radius 2 is 2.04 bits per heavy atom. The average molecular weight is 332 g/mol. The van der Waals surface area contributed by atoms with Crippen LogP contribution in [-0.2, 0) is 6.42 Å². The van der Waals surface area contributed by atoms with Crippen LogP contribution in [0.2, 0.25) is 5.02 Å². The molecule has 0 spiro atoms. The van der Waals surface area contributed by atoms with Crippen LogP contribution in [-0.4, -0.2) is 31.4 Å². The van der Waals surface area contributed by atoms with Crippen molar-refractivity contribution in [1.29, 1.82) is 0 Å². The van der Waals surface area contributed by atoms with Crippen LogP contribution in [0.3, 0.4) is 0 Å². The van der Waals surface area contributed by atoms with Gasteiger partial charge in [0.25, 0.3) is 0 Å². The zero-order valence-electron chi connectivity index (χ0n) is 13.3. The smallest absolute Gasteiger partial charge is 0.137 e. The summed E-state index contributed by atoms with van der Waals surface area (Å²) < 4.78 is 5.43. The molecule has 2 atom stereocenters. The number of hydrogen-bond donors (Lipinski definition) is 2. The van der Waals surface area contributed by atoms with Gasteiger partial charge < -0.3 is 15.2 Å². The molecule has 2 aromatic carbocycles. The number of methoxy groups -OCH3 is 1. The molecule has 3 rings (SSSR count). The normalized spacial score (nSPS) is 20.7. The van der Waals surface area contributed by atoms with Gasteiger partial charge in [0.15, 0.2) is 0 Å². The van der Waals surface area contributed by atoms with Crippen molar-refractivity contribution in [2.24, 2.45) is 0 Å². The van der Waals surface area contributed by atoms with Crippen LogP contribution in [0.4, 0.5) is 0 Å². The molecule has 0 saturated heterocycles. The van der Waals surface area contributed by atoms with Gasteiger partial charge in [-0.1, -0.05) is 41.9 Å². The highest BCUT2D eigenvalue weighted by molar-refractivity contribution is 6.32. The molecule has 0 radical (unpaired) electrons. The molecule has 0 fully saturated rings. The summed E-state index contributed by atoms with van der Waals surface area (Å²) in [5.41, 5.74) is 3.73. The highest BCUT2D eigenvalue weighted by atomic mass is 35.5. The lowest BCUT2D eigenvalue weighted by Crippen LogP contribution is -2.35. The van der Waals surface area contributed by atoms with E-state index in [1.54, 1.807) is 7.11 Å². The summed E-state index contributed by atoms with van der Waals surface area (Å²) in [6, 6.07) is 14.7. The van der Waals surface area contributed by atoms with Gasteiger partial charge in [-0.2, -0.15) is 0 Å². The second-order valence-corrected chi connectivity index (χ2v) is 6.30. The Labute approximate surface area is 142 Å². The Balaban J connectivity index is 2.14. The first kappa shape index (κ1) is 16.3. The summed E-state index contributed by atoms with van der Waals surface area (Å²) in [5, 5.41) is 13.7. The van der Waals surface area contributed by atoms with E-state index in [4.69, 9.17) is 16.3 Å². The van der Waals surface area contributed by atoms with Crippen molar-refractivity contribution in [2.75, 3.05) is 20.3 Å². The highest BCUT2D eigenvalue weighted by Crippen LogP contribution is 2.38. The molecule has 0 aliphatic carbocycles. The van der Waals surface area contributed by atoms with Gasteiger partial charge >= 0.3 is 0 Å². The number of aliphatic hydroxyl groups is 1. The van der Waals surface area contributed by atoms with Crippen LogP contribution in [0.1, 0.15) is 29.0 Å². The first-order valence-electron chi connectivity index (χ1n) is 8.00. The maximum atomic E-state index is 9.48. The Bertz CT molecular complexity index is 660. The van der Waals surface area contributed by atoms with Gasteiger partial charge in [0.1, 0.15) is 5.75 Å². The van der Waals surface area contributed by atoms with Gasteiger partial charge in [0, 0.05) is 18.6 Å². The van der Waals surface area contributed by atoms with E-state index in [0.29, 0.717) is 17.2 Å². The van der Waals surface area contributed by atoms with Gasteiger partial charge in [-0.05, 0) is 48.2 Å². The predicted molar refractivity (Wildman–Crippen MR) is 93.5 cm³/mol. The topological polar surface area (TPSA) is 41.5 Å². The van der Waals surface area contributed by atoms with Gasteiger partial charge in [-0.15, -0.1) is 0 Å². The summed E-state index contributed by atoms with van der Waals surface area (Å²) in [6.07, 6.45) is 1.63. The van der Waals surface area contributed by atoms with Crippen LogP contribution in [0.5, 0.6) is 5.75 Å². The zero-order valence-corrected chi connectivity index (χ0v) is 14.0. The number of benzene rings is 2. The van der Waals surface area contributed by atoms with Crippen molar-refractivity contribution in [2.45, 2.75) is 24.8 Å². The summed E-state index contributed by atoms with van der Waals surface area (Å²) in [7, 11) is 1.64. The molecule has 0 aromatic heterocycles. The Morgan fingerprint density at radius 3 is 2.74 bits per heavy atom. The molecule has 1 heterocycles. The van der Waals surface area contributed by atoms with Crippen molar-refractivity contribution in [3.63, 3.8) is 0 Å². The second-order valence-electron chi connectivity index (χ2n) is 5.90. The molecular weight excluding hydrogens is 310 g/mol. The summed E-state index contributed by atoms with van der Waals surface area (Å²) in [6.45, 7) is 1.05. The van der Waals surface area contributed by atoms with E-state index in [2.05, 4.69) is 35.6 Å². The van der Waals surface area contributed by atoms with Gasteiger partial charge in [-0.3, -0.25) is 0 Å². The third-order valence-corrected chi connectivity index (χ3v) is 4.85. The Hall–Kier alpha value is -1.55. The number of halogens is 1. The number of ether oxygens (including phenoxy) is 1. The highest BCUT2D eigenvalue weighted by Gasteiger charge is 2.29. The molecule has 23 heavy (non-hydrogen) atoms. The maximum Gasteiger partial charge on any atom is 0.137 e. The average Bonchev–Trinajstić information content (AvgIpc) is 2.74. The predicted octanol–water partition coefficient (Wildman–Crippen LogP) is 3.38. The van der Waals surface area contributed by atoms with E-state index < -0.39 is 0 Å². The largest absolute Gasteiger partial charge is 0.495 e. The van der Waals surface area contributed by atoms with Gasteiger partial charge in [0.2, 0.25) is 0 Å². The molecule has 122 valence electrons. The van der Waals surface area contributed by atoms with E-state index in [9.17, 15) is 5.11 Å². The van der Waals surface area contributed by atoms with E-state index >= 15 is 0 Å². The second kappa shape index (κ2) is 7.35. The minimum Gasteiger partial charge on any atom is -0.495 e. The van der Waals surface area contributed by atoms with Crippen molar-refractivity contribution in [3.8, 4) is 5.75 Å². The SMILES string of the molecule is COc1cc2c(cc1Cl)CCN[C@@H](CCO)[C@@H]2c1ccccc1. The third kappa shape index (κ3) is 3.37. The standard InChI is InChI=1S/C19H22ClNO2/c1-23-18-12-15-14(11-16(18)20)7-9-21-17(8-10-22)19(15)13-5-3-2-4-6-13/h2-6,11-12,17,19,21-22H,7-10H2,1H3/t17-,19+/m0/s1. The molecule has 0 amide bonds. The maximum absolute atomic E-state index is 9.48. The van der Waals surface area contributed by atoms with Crippen LogP contribution < -0.4 is 10.1 Å². The number of aliphatic hydroxyl groups excluding tert-OH is 1. The molecule has 3 nitrogen and oxygen atoms in total. The number of rotatable bonds is 4. The molecule has 0 bridgehead atoms. The van der Waals surface area contributed by atoms with Crippen LogP contribution in [0.15, 0.2) is 42.5 Å². The minimum absolute atomic E-state index is 0.168. The van der Waals surface area contributed by atoms with Gasteiger partial charge in [0.05, 0.1) is 12.1 Å². The van der Waals surface area contributed by atoms with E-state index in [1.165, 1.54) is 16.7 Å². The molecule has 2 aromatic rings. The van der Waals surface area contributed by atoms with Crippen molar-refractivity contribution >= 4 is 11.6 Å².